The van der Waals surface area contributed by atoms with Crippen LogP contribution in [0.25, 0.3) is 0 Å². The van der Waals surface area contributed by atoms with E-state index >= 15 is 0 Å². The summed E-state index contributed by atoms with van der Waals surface area (Å²) in [7, 11) is 0. The molecule has 3 amide bonds. The van der Waals surface area contributed by atoms with Crippen LogP contribution >= 0.6 is 11.6 Å². The number of hydrogen-bond acceptors (Lipinski definition) is 7. The molecule has 0 spiro atoms. The van der Waals surface area contributed by atoms with E-state index in [0.717, 1.165) is 23.0 Å². The molecular formula is C35H37ClN4O6. The number of oxazole rings is 1. The monoisotopic (exact) mass is 644 g/mol. The van der Waals surface area contributed by atoms with Gasteiger partial charge in [-0.3, -0.25) is 14.4 Å². The van der Waals surface area contributed by atoms with Crippen LogP contribution in [0.2, 0.25) is 5.02 Å². The predicted octanol–water partition coefficient (Wildman–Crippen LogP) is 6.07. The highest BCUT2D eigenvalue weighted by Gasteiger charge is 2.27. The Morgan fingerprint density at radius 1 is 0.848 bits per heavy atom. The van der Waals surface area contributed by atoms with Crippen LogP contribution in [-0.2, 0) is 22.7 Å². The first-order valence-corrected chi connectivity index (χ1v) is 15.4. The number of benzene rings is 3. The second-order valence-corrected chi connectivity index (χ2v) is 11.3. The van der Waals surface area contributed by atoms with Crippen molar-refractivity contribution < 1.29 is 28.3 Å². The number of ether oxygens (including phenoxy) is 1. The van der Waals surface area contributed by atoms with Gasteiger partial charge in [0.15, 0.2) is 5.69 Å². The van der Waals surface area contributed by atoms with Gasteiger partial charge in [-0.25, -0.2) is 9.78 Å². The van der Waals surface area contributed by atoms with E-state index in [9.17, 15) is 19.2 Å². The molecule has 1 aromatic heterocycles. The van der Waals surface area contributed by atoms with E-state index in [1.165, 1.54) is 0 Å². The maximum absolute atomic E-state index is 13.5. The van der Waals surface area contributed by atoms with Gasteiger partial charge in [-0.1, -0.05) is 91.3 Å². The van der Waals surface area contributed by atoms with E-state index in [2.05, 4.69) is 20.9 Å². The first kappa shape index (κ1) is 33.9. The topological polar surface area (TPSA) is 140 Å². The van der Waals surface area contributed by atoms with Gasteiger partial charge < -0.3 is 25.1 Å². The van der Waals surface area contributed by atoms with Gasteiger partial charge in [0.05, 0.1) is 5.92 Å². The summed E-state index contributed by atoms with van der Waals surface area (Å²) < 4.78 is 10.6. The SMILES string of the molecule is CC(CCNC(=O)OCc1ccccc1)CC(=O)NCCC(C(=O)c1nc(C(=O)NCc2cccc(Cl)c2)co1)c1ccccc1. The molecule has 0 saturated carbocycles. The zero-order chi connectivity index (χ0) is 32.7. The van der Waals surface area contributed by atoms with Crippen LogP contribution in [0.3, 0.4) is 0 Å². The third kappa shape index (κ3) is 10.9. The van der Waals surface area contributed by atoms with E-state index < -0.39 is 23.7 Å². The highest BCUT2D eigenvalue weighted by atomic mass is 35.5. The molecule has 4 aromatic rings. The molecule has 3 aromatic carbocycles. The molecule has 0 aliphatic heterocycles. The van der Waals surface area contributed by atoms with Gasteiger partial charge in [0.1, 0.15) is 12.9 Å². The van der Waals surface area contributed by atoms with Gasteiger partial charge in [0.25, 0.3) is 11.8 Å². The fourth-order valence-electron chi connectivity index (χ4n) is 4.74. The average molecular weight is 645 g/mol. The molecule has 240 valence electrons. The quantitative estimate of drug-likeness (QED) is 0.126. The van der Waals surface area contributed by atoms with Gasteiger partial charge in [-0.05, 0) is 47.6 Å². The van der Waals surface area contributed by atoms with Crippen molar-refractivity contribution in [2.75, 3.05) is 13.1 Å². The van der Waals surface area contributed by atoms with Gasteiger partial charge in [0, 0.05) is 31.1 Å². The summed E-state index contributed by atoms with van der Waals surface area (Å²) in [5.74, 6) is -1.86. The number of hydrogen-bond donors (Lipinski definition) is 3. The Morgan fingerprint density at radius 2 is 1.54 bits per heavy atom. The number of carbonyl (C=O) groups is 4. The lowest BCUT2D eigenvalue weighted by Gasteiger charge is -2.16. The summed E-state index contributed by atoms with van der Waals surface area (Å²) >= 11 is 6.01. The van der Waals surface area contributed by atoms with E-state index in [1.807, 2.05) is 73.7 Å². The fraction of sp³-hybridized carbons (Fsp3) is 0.286. The summed E-state index contributed by atoms with van der Waals surface area (Å²) in [4.78, 5) is 54.9. The molecule has 3 N–H and O–H groups in total. The summed E-state index contributed by atoms with van der Waals surface area (Å²) in [5, 5.41) is 8.90. The van der Waals surface area contributed by atoms with Crippen LogP contribution in [0.15, 0.2) is 95.6 Å². The number of halogens is 1. The molecule has 11 heteroatoms. The van der Waals surface area contributed by atoms with E-state index in [-0.39, 0.29) is 49.5 Å². The standard InChI is InChI=1S/C35H37ClN4O6/c1-24(15-17-38-35(44)46-22-25-9-4-2-5-10-25)19-31(41)37-18-16-29(27-12-6-3-7-13-27)32(42)34-40-30(23-45-34)33(43)39-21-26-11-8-14-28(36)20-26/h2-14,20,23-24,29H,15-19,21-22H2,1H3,(H,37,41)(H,38,44)(H,39,43). The molecule has 0 fully saturated rings. The average Bonchev–Trinajstić information content (AvgIpc) is 3.56. The zero-order valence-electron chi connectivity index (χ0n) is 25.5. The Labute approximate surface area is 272 Å². The smallest absolute Gasteiger partial charge is 0.407 e. The van der Waals surface area contributed by atoms with E-state index in [0.29, 0.717) is 24.4 Å². The molecule has 0 bridgehead atoms. The van der Waals surface area contributed by atoms with Crippen molar-refractivity contribution in [3.05, 3.63) is 124 Å². The minimum absolute atomic E-state index is 0.0109. The third-order valence-electron chi connectivity index (χ3n) is 7.22. The number of amides is 3. The van der Waals surface area contributed by atoms with Crippen LogP contribution < -0.4 is 16.0 Å². The molecule has 0 aliphatic rings. The summed E-state index contributed by atoms with van der Waals surface area (Å²) in [6.07, 6.45) is 1.81. The number of rotatable bonds is 16. The number of ketones is 1. The van der Waals surface area contributed by atoms with Gasteiger partial charge in [-0.15, -0.1) is 0 Å². The van der Waals surface area contributed by atoms with E-state index in [1.54, 1.807) is 18.2 Å². The third-order valence-corrected chi connectivity index (χ3v) is 7.45. The summed E-state index contributed by atoms with van der Waals surface area (Å²) in [6, 6.07) is 25.7. The second-order valence-electron chi connectivity index (χ2n) is 10.9. The molecule has 0 saturated heterocycles. The number of Topliss-reactive ketones (excluding diaryl/α,β-unsaturated/α-hetero) is 1. The molecule has 4 rings (SSSR count). The summed E-state index contributed by atoms with van der Waals surface area (Å²) in [5.41, 5.74) is 2.44. The lowest BCUT2D eigenvalue weighted by atomic mass is 9.91. The van der Waals surface area contributed by atoms with Gasteiger partial charge in [-0.2, -0.15) is 0 Å². The van der Waals surface area contributed by atoms with Crippen molar-refractivity contribution in [3.8, 4) is 0 Å². The minimum Gasteiger partial charge on any atom is -0.445 e. The Kier molecular flexibility index (Phi) is 12.9. The predicted molar refractivity (Wildman–Crippen MR) is 173 cm³/mol. The number of nitrogens with zero attached hydrogens (tertiary/aromatic N) is 1. The van der Waals surface area contributed by atoms with Crippen molar-refractivity contribution in [1.29, 1.82) is 0 Å². The molecule has 0 aliphatic carbocycles. The number of carbonyl (C=O) groups excluding carboxylic acids is 4. The molecule has 46 heavy (non-hydrogen) atoms. The molecule has 10 nitrogen and oxygen atoms in total. The Morgan fingerprint density at radius 3 is 2.28 bits per heavy atom. The molecule has 2 unspecified atom stereocenters. The largest absolute Gasteiger partial charge is 0.445 e. The van der Waals surface area contributed by atoms with Crippen LogP contribution in [0, 0.1) is 5.92 Å². The van der Waals surface area contributed by atoms with Crippen LogP contribution in [0.1, 0.15) is 70.0 Å². The number of nitrogens with one attached hydrogen (secondary N) is 3. The number of alkyl carbamates (subject to hydrolysis) is 1. The molecule has 2 atom stereocenters. The Hall–Kier alpha value is -4.96. The Balaban J connectivity index is 1.22. The van der Waals surface area contributed by atoms with Gasteiger partial charge >= 0.3 is 6.09 Å². The molecular weight excluding hydrogens is 608 g/mol. The first-order valence-electron chi connectivity index (χ1n) is 15.1. The van der Waals surface area contributed by atoms with Gasteiger partial charge in [0.2, 0.25) is 11.7 Å². The van der Waals surface area contributed by atoms with E-state index in [4.69, 9.17) is 20.8 Å². The zero-order valence-corrected chi connectivity index (χ0v) is 26.3. The normalized spacial score (nSPS) is 12.0. The van der Waals surface area contributed by atoms with Crippen molar-refractivity contribution in [1.82, 2.24) is 20.9 Å². The Bertz CT molecular complexity index is 1590. The highest BCUT2D eigenvalue weighted by Crippen LogP contribution is 2.24. The van der Waals surface area contributed by atoms with Crippen molar-refractivity contribution in [2.45, 2.75) is 45.3 Å². The second kappa shape index (κ2) is 17.5. The molecule has 0 radical (unpaired) electrons. The van der Waals surface area contributed by atoms with Crippen molar-refractivity contribution in [3.63, 3.8) is 0 Å². The van der Waals surface area contributed by atoms with Crippen LogP contribution in [-0.4, -0.2) is 41.8 Å². The highest BCUT2D eigenvalue weighted by molar-refractivity contribution is 6.30. The lowest BCUT2D eigenvalue weighted by molar-refractivity contribution is -0.121. The van der Waals surface area contributed by atoms with Crippen LogP contribution in [0.5, 0.6) is 0 Å². The molecule has 1 heterocycles. The maximum atomic E-state index is 13.5. The lowest BCUT2D eigenvalue weighted by Crippen LogP contribution is -2.30. The fourth-order valence-corrected chi connectivity index (χ4v) is 4.95. The first-order chi connectivity index (χ1) is 22.3. The minimum atomic E-state index is -0.647. The van der Waals surface area contributed by atoms with Crippen molar-refractivity contribution in [2.24, 2.45) is 5.92 Å². The number of aromatic nitrogens is 1. The van der Waals surface area contributed by atoms with Crippen molar-refractivity contribution >= 4 is 35.3 Å². The summed E-state index contributed by atoms with van der Waals surface area (Å²) in [6.45, 7) is 2.98. The maximum Gasteiger partial charge on any atom is 0.407 e. The van der Waals surface area contributed by atoms with Crippen LogP contribution in [0.4, 0.5) is 4.79 Å².